The lowest BCUT2D eigenvalue weighted by Gasteiger charge is -2.24. The second-order valence-electron chi connectivity index (χ2n) is 5.53. The third-order valence-electron chi connectivity index (χ3n) is 3.81. The van der Waals surface area contributed by atoms with Crippen molar-refractivity contribution in [1.29, 1.82) is 0 Å². The Kier molecular flexibility index (Phi) is 5.46. The highest BCUT2D eigenvalue weighted by Gasteiger charge is 2.27. The Balaban J connectivity index is 1.91. The molecule has 1 heterocycles. The molecule has 26 heavy (non-hydrogen) atoms. The number of hydrogen-bond acceptors (Lipinski definition) is 4. The maximum Gasteiger partial charge on any atom is 0.269 e. The van der Waals surface area contributed by atoms with Gasteiger partial charge in [-0.2, -0.15) is 0 Å². The molecule has 2 unspecified atom stereocenters. The van der Waals surface area contributed by atoms with Crippen molar-refractivity contribution >= 4 is 28.9 Å². The van der Waals surface area contributed by atoms with Gasteiger partial charge >= 0.3 is 0 Å². The summed E-state index contributed by atoms with van der Waals surface area (Å²) >= 11 is 12.1. The van der Waals surface area contributed by atoms with E-state index in [1.807, 2.05) is 0 Å². The Morgan fingerprint density at radius 3 is 2.42 bits per heavy atom. The number of aromatic amines is 1. The van der Waals surface area contributed by atoms with Gasteiger partial charge in [0.25, 0.3) is 5.69 Å². The van der Waals surface area contributed by atoms with Gasteiger partial charge in [-0.25, -0.2) is 0 Å². The van der Waals surface area contributed by atoms with Crippen LogP contribution in [0.2, 0.25) is 10.0 Å². The summed E-state index contributed by atoms with van der Waals surface area (Å²) in [5.41, 5.74) is 1.04. The number of nitrogens with zero attached hydrogens (tertiary/aromatic N) is 1. The van der Waals surface area contributed by atoms with Gasteiger partial charge in [-0.05, 0) is 36.4 Å². The number of nitro groups is 1. The van der Waals surface area contributed by atoms with Crippen LogP contribution in [0.15, 0.2) is 60.8 Å². The van der Waals surface area contributed by atoms with Crippen LogP contribution in [0.3, 0.4) is 0 Å². The SMILES string of the molecule is O=[N+]([O-])c1ccc(OC(c2ccc[nH]2)C(O)c2ccc(Cl)cc2Cl)cc1. The predicted octanol–water partition coefficient (Wildman–Crippen LogP) is 5.08. The van der Waals surface area contributed by atoms with E-state index in [0.717, 1.165) is 0 Å². The minimum Gasteiger partial charge on any atom is -0.481 e. The van der Waals surface area contributed by atoms with Gasteiger partial charge in [0.1, 0.15) is 11.9 Å². The number of halogens is 2. The third-order valence-corrected chi connectivity index (χ3v) is 4.37. The first-order valence-corrected chi connectivity index (χ1v) is 8.38. The van der Waals surface area contributed by atoms with Crippen molar-refractivity contribution in [2.24, 2.45) is 0 Å². The average molecular weight is 393 g/mol. The highest BCUT2D eigenvalue weighted by molar-refractivity contribution is 6.35. The highest BCUT2D eigenvalue weighted by atomic mass is 35.5. The molecule has 8 heteroatoms. The minimum absolute atomic E-state index is 0.0462. The first-order chi connectivity index (χ1) is 12.5. The van der Waals surface area contributed by atoms with Gasteiger partial charge < -0.3 is 14.8 Å². The Bertz CT molecular complexity index is 898. The molecule has 6 nitrogen and oxygen atoms in total. The largest absolute Gasteiger partial charge is 0.481 e. The molecule has 0 amide bonds. The fourth-order valence-electron chi connectivity index (χ4n) is 2.52. The molecule has 0 bridgehead atoms. The Morgan fingerprint density at radius 2 is 1.85 bits per heavy atom. The molecule has 0 saturated heterocycles. The zero-order valence-corrected chi connectivity index (χ0v) is 14.8. The molecule has 0 fully saturated rings. The fraction of sp³-hybridized carbons (Fsp3) is 0.111. The molecule has 0 spiro atoms. The van der Waals surface area contributed by atoms with E-state index in [1.165, 1.54) is 24.3 Å². The van der Waals surface area contributed by atoms with Crippen molar-refractivity contribution in [3.05, 3.63) is 92.2 Å². The number of aliphatic hydroxyl groups excluding tert-OH is 1. The van der Waals surface area contributed by atoms with Gasteiger partial charge in [0.05, 0.1) is 10.6 Å². The standard InChI is InChI=1S/C18H14Cl2N2O4/c19-11-3-8-14(15(20)10-11)17(23)18(16-2-1-9-21-16)26-13-6-4-12(5-7-13)22(24)25/h1-10,17-18,21,23H. The molecular formula is C18H14Cl2N2O4. The molecular weight excluding hydrogens is 379 g/mol. The average Bonchev–Trinajstić information content (AvgIpc) is 3.14. The van der Waals surface area contributed by atoms with Crippen molar-refractivity contribution < 1.29 is 14.8 Å². The van der Waals surface area contributed by atoms with Gasteiger partial charge in [-0.1, -0.05) is 29.3 Å². The molecule has 0 aliphatic rings. The van der Waals surface area contributed by atoms with E-state index < -0.39 is 17.1 Å². The number of nitrogens with one attached hydrogen (secondary N) is 1. The zero-order chi connectivity index (χ0) is 18.7. The number of ether oxygens (including phenoxy) is 1. The summed E-state index contributed by atoms with van der Waals surface area (Å²) in [5.74, 6) is 0.374. The van der Waals surface area contributed by atoms with Gasteiger partial charge in [0.15, 0.2) is 6.10 Å². The van der Waals surface area contributed by atoms with Crippen LogP contribution in [0.1, 0.15) is 23.5 Å². The number of hydrogen-bond donors (Lipinski definition) is 2. The van der Waals surface area contributed by atoms with Crippen LogP contribution in [0.5, 0.6) is 5.75 Å². The lowest BCUT2D eigenvalue weighted by molar-refractivity contribution is -0.384. The zero-order valence-electron chi connectivity index (χ0n) is 13.3. The van der Waals surface area contributed by atoms with Crippen LogP contribution < -0.4 is 4.74 Å². The van der Waals surface area contributed by atoms with Crippen molar-refractivity contribution in [3.8, 4) is 5.75 Å². The lowest BCUT2D eigenvalue weighted by Crippen LogP contribution is -2.18. The summed E-state index contributed by atoms with van der Waals surface area (Å²) in [5, 5.41) is 22.4. The second-order valence-corrected chi connectivity index (χ2v) is 6.37. The van der Waals surface area contributed by atoms with E-state index in [2.05, 4.69) is 4.98 Å². The van der Waals surface area contributed by atoms with Crippen LogP contribution in [0.25, 0.3) is 0 Å². The highest BCUT2D eigenvalue weighted by Crippen LogP contribution is 2.37. The van der Waals surface area contributed by atoms with Crippen LogP contribution in [-0.4, -0.2) is 15.0 Å². The summed E-state index contributed by atoms with van der Waals surface area (Å²) in [6.45, 7) is 0. The Labute approximate surface area is 159 Å². The number of benzene rings is 2. The van der Waals surface area contributed by atoms with Gasteiger partial charge in [-0.3, -0.25) is 10.1 Å². The minimum atomic E-state index is -1.09. The van der Waals surface area contributed by atoms with Crippen LogP contribution >= 0.6 is 23.2 Å². The van der Waals surface area contributed by atoms with E-state index in [0.29, 0.717) is 27.1 Å². The van der Waals surface area contributed by atoms with E-state index in [1.54, 1.807) is 36.5 Å². The van der Waals surface area contributed by atoms with E-state index in [-0.39, 0.29) is 5.69 Å². The molecule has 2 aromatic carbocycles. The summed E-state index contributed by atoms with van der Waals surface area (Å²) in [6.07, 6.45) is -0.184. The predicted molar refractivity (Wildman–Crippen MR) is 98.7 cm³/mol. The molecule has 3 aromatic rings. The first-order valence-electron chi connectivity index (χ1n) is 7.63. The number of nitro benzene ring substituents is 1. The van der Waals surface area contributed by atoms with Crippen molar-refractivity contribution in [2.45, 2.75) is 12.2 Å². The maximum atomic E-state index is 10.8. The normalized spacial score (nSPS) is 13.2. The summed E-state index contributed by atoms with van der Waals surface area (Å²) in [6, 6.07) is 14.0. The maximum absolute atomic E-state index is 10.8. The van der Waals surface area contributed by atoms with Gasteiger partial charge in [-0.15, -0.1) is 0 Å². The van der Waals surface area contributed by atoms with E-state index in [9.17, 15) is 15.2 Å². The summed E-state index contributed by atoms with van der Waals surface area (Å²) in [4.78, 5) is 13.3. The topological polar surface area (TPSA) is 88.4 Å². The third kappa shape index (κ3) is 3.99. The molecule has 3 rings (SSSR count). The monoisotopic (exact) mass is 392 g/mol. The molecule has 0 aliphatic heterocycles. The number of aliphatic hydroxyl groups is 1. The molecule has 1 aromatic heterocycles. The fourth-order valence-corrected chi connectivity index (χ4v) is 3.04. The van der Waals surface area contributed by atoms with E-state index >= 15 is 0 Å². The molecule has 134 valence electrons. The summed E-state index contributed by atoms with van der Waals surface area (Å²) in [7, 11) is 0. The molecule has 2 atom stereocenters. The van der Waals surface area contributed by atoms with E-state index in [4.69, 9.17) is 27.9 Å². The van der Waals surface area contributed by atoms with Crippen LogP contribution in [0.4, 0.5) is 5.69 Å². The number of H-pyrrole nitrogens is 1. The van der Waals surface area contributed by atoms with Gasteiger partial charge in [0.2, 0.25) is 0 Å². The first kappa shape index (κ1) is 18.3. The van der Waals surface area contributed by atoms with Crippen molar-refractivity contribution in [3.63, 3.8) is 0 Å². The van der Waals surface area contributed by atoms with Crippen molar-refractivity contribution in [1.82, 2.24) is 4.98 Å². The Hall–Kier alpha value is -2.54. The van der Waals surface area contributed by atoms with Gasteiger partial charge in [0, 0.05) is 33.9 Å². The molecule has 0 aliphatic carbocycles. The molecule has 0 radical (unpaired) electrons. The number of aromatic nitrogens is 1. The quantitative estimate of drug-likeness (QED) is 0.451. The second kappa shape index (κ2) is 7.78. The van der Waals surface area contributed by atoms with Crippen molar-refractivity contribution in [2.75, 3.05) is 0 Å². The van der Waals surface area contributed by atoms with Crippen LogP contribution in [-0.2, 0) is 0 Å². The number of rotatable bonds is 6. The van der Waals surface area contributed by atoms with Crippen LogP contribution in [0, 0.1) is 10.1 Å². The molecule has 0 saturated carbocycles. The molecule has 2 N–H and O–H groups in total. The lowest BCUT2D eigenvalue weighted by atomic mass is 10.0. The smallest absolute Gasteiger partial charge is 0.269 e. The summed E-state index contributed by atoms with van der Waals surface area (Å²) < 4.78 is 5.90. The Morgan fingerprint density at radius 1 is 1.12 bits per heavy atom. The number of non-ortho nitro benzene ring substituents is 1.